The van der Waals surface area contributed by atoms with E-state index in [9.17, 15) is 4.79 Å². The molecule has 2 unspecified atom stereocenters. The maximum absolute atomic E-state index is 11.3. The van der Waals surface area contributed by atoms with Gasteiger partial charge in [0.1, 0.15) is 11.5 Å². The third-order valence-electron chi connectivity index (χ3n) is 3.13. The van der Waals surface area contributed by atoms with Crippen molar-refractivity contribution in [2.45, 2.75) is 39.0 Å². The van der Waals surface area contributed by atoms with Crippen LogP contribution >= 0.6 is 0 Å². The number of carbonyl (C=O) groups excluding carboxylic acids is 1. The molecule has 1 saturated carbocycles. The van der Waals surface area contributed by atoms with Crippen LogP contribution in [0.5, 0.6) is 0 Å². The lowest BCUT2D eigenvalue weighted by atomic mass is 10.2. The van der Waals surface area contributed by atoms with E-state index in [-0.39, 0.29) is 5.91 Å². The van der Waals surface area contributed by atoms with E-state index in [1.54, 1.807) is 0 Å². The van der Waals surface area contributed by atoms with Crippen molar-refractivity contribution in [1.29, 1.82) is 0 Å². The molecule has 88 valence electrons. The van der Waals surface area contributed by atoms with Gasteiger partial charge >= 0.3 is 0 Å². The quantitative estimate of drug-likeness (QED) is 0.830. The van der Waals surface area contributed by atoms with Gasteiger partial charge in [-0.3, -0.25) is 4.79 Å². The van der Waals surface area contributed by atoms with Crippen molar-refractivity contribution in [3.63, 3.8) is 0 Å². The van der Waals surface area contributed by atoms with E-state index < -0.39 is 0 Å². The average Bonchev–Trinajstić information content (AvgIpc) is 2.80. The van der Waals surface area contributed by atoms with Crippen LogP contribution in [0.25, 0.3) is 0 Å². The summed E-state index contributed by atoms with van der Waals surface area (Å²) in [7, 11) is 0. The zero-order chi connectivity index (χ0) is 11.5. The van der Waals surface area contributed by atoms with Gasteiger partial charge in [0.2, 0.25) is 5.91 Å². The third-order valence-corrected chi connectivity index (χ3v) is 3.13. The van der Waals surface area contributed by atoms with Gasteiger partial charge in [0, 0.05) is 25.3 Å². The molecule has 1 aliphatic rings. The number of carbonyl (C=O) groups is 1. The Labute approximate surface area is 96.2 Å². The Kier molecular flexibility index (Phi) is 3.32. The first kappa shape index (κ1) is 11.2. The van der Waals surface area contributed by atoms with E-state index in [0.717, 1.165) is 17.4 Å². The molecule has 0 radical (unpaired) electrons. The molecule has 1 aromatic heterocycles. The van der Waals surface area contributed by atoms with E-state index >= 15 is 0 Å². The number of amides is 1. The number of nitrogens with one attached hydrogen (secondary N) is 1. The van der Waals surface area contributed by atoms with Crippen molar-refractivity contribution in [2.24, 2.45) is 5.92 Å². The molecule has 0 spiro atoms. The second-order valence-electron chi connectivity index (χ2n) is 4.58. The van der Waals surface area contributed by atoms with Gasteiger partial charge in [-0.05, 0) is 31.4 Å². The number of rotatable bonds is 5. The summed E-state index contributed by atoms with van der Waals surface area (Å²) in [6.07, 6.45) is 2.46. The summed E-state index contributed by atoms with van der Waals surface area (Å²) >= 11 is 0. The van der Waals surface area contributed by atoms with Crippen molar-refractivity contribution in [1.82, 2.24) is 5.32 Å². The molecule has 1 aliphatic carbocycles. The highest BCUT2D eigenvalue weighted by atomic mass is 16.3. The van der Waals surface area contributed by atoms with E-state index in [1.807, 2.05) is 13.0 Å². The summed E-state index contributed by atoms with van der Waals surface area (Å²) in [6.45, 7) is 4.86. The molecule has 16 heavy (non-hydrogen) atoms. The molecule has 1 aromatic rings. The fraction of sp³-hybridized carbons (Fsp3) is 0.615. The Balaban J connectivity index is 1.81. The molecule has 2 rings (SSSR count). The highest BCUT2D eigenvalue weighted by Gasteiger charge is 2.36. The Bertz CT molecular complexity index is 370. The summed E-state index contributed by atoms with van der Waals surface area (Å²) < 4.78 is 5.73. The first-order chi connectivity index (χ1) is 7.70. The first-order valence-electron chi connectivity index (χ1n) is 6.06. The molecule has 3 nitrogen and oxygen atoms in total. The molecular formula is C13H19NO2. The van der Waals surface area contributed by atoms with Crippen molar-refractivity contribution in [3.05, 3.63) is 23.7 Å². The summed E-state index contributed by atoms with van der Waals surface area (Å²) in [4.78, 5) is 11.3. The lowest BCUT2D eigenvalue weighted by Crippen LogP contribution is -2.22. The SMILES string of the molecule is CCNC(=O)CCc1ccc(C2CC2C)o1. The first-order valence-corrected chi connectivity index (χ1v) is 6.06. The Morgan fingerprint density at radius 1 is 1.56 bits per heavy atom. The minimum atomic E-state index is 0.0974. The minimum Gasteiger partial charge on any atom is -0.466 e. The van der Waals surface area contributed by atoms with Crippen molar-refractivity contribution in [2.75, 3.05) is 6.54 Å². The maximum Gasteiger partial charge on any atom is 0.220 e. The van der Waals surface area contributed by atoms with Gasteiger partial charge in [-0.25, -0.2) is 0 Å². The standard InChI is InChI=1S/C13H19NO2/c1-3-14-13(15)7-5-10-4-6-12(16-10)11-8-9(11)2/h4,6,9,11H,3,5,7-8H2,1-2H3,(H,14,15). The summed E-state index contributed by atoms with van der Waals surface area (Å²) in [5.74, 6) is 3.51. The third kappa shape index (κ3) is 2.65. The van der Waals surface area contributed by atoms with Crippen LogP contribution in [0, 0.1) is 5.92 Å². The number of hydrogen-bond donors (Lipinski definition) is 1. The molecule has 0 saturated heterocycles. The van der Waals surface area contributed by atoms with Gasteiger partial charge < -0.3 is 9.73 Å². The van der Waals surface area contributed by atoms with Crippen molar-refractivity contribution >= 4 is 5.91 Å². The monoisotopic (exact) mass is 221 g/mol. The second-order valence-corrected chi connectivity index (χ2v) is 4.58. The van der Waals surface area contributed by atoms with Crippen LogP contribution in [0.4, 0.5) is 0 Å². The largest absolute Gasteiger partial charge is 0.466 e. The molecule has 1 fully saturated rings. The minimum absolute atomic E-state index is 0.0974. The van der Waals surface area contributed by atoms with E-state index in [0.29, 0.717) is 25.3 Å². The molecule has 3 heteroatoms. The van der Waals surface area contributed by atoms with E-state index in [1.165, 1.54) is 6.42 Å². The topological polar surface area (TPSA) is 42.2 Å². The molecule has 0 bridgehead atoms. The van der Waals surface area contributed by atoms with Crippen LogP contribution in [0.3, 0.4) is 0 Å². The van der Waals surface area contributed by atoms with E-state index in [2.05, 4.69) is 18.3 Å². The van der Waals surface area contributed by atoms with Gasteiger partial charge in [0.05, 0.1) is 0 Å². The smallest absolute Gasteiger partial charge is 0.220 e. The van der Waals surface area contributed by atoms with Crippen LogP contribution in [0.15, 0.2) is 16.5 Å². The molecule has 2 atom stereocenters. The van der Waals surface area contributed by atoms with Gasteiger partial charge in [0.15, 0.2) is 0 Å². The van der Waals surface area contributed by atoms with Gasteiger partial charge in [-0.1, -0.05) is 6.92 Å². The molecule has 1 amide bonds. The lowest BCUT2D eigenvalue weighted by Gasteiger charge is -1.99. The maximum atomic E-state index is 11.3. The van der Waals surface area contributed by atoms with Crippen molar-refractivity contribution < 1.29 is 9.21 Å². The Hall–Kier alpha value is -1.25. The van der Waals surface area contributed by atoms with Gasteiger partial charge in [-0.15, -0.1) is 0 Å². The summed E-state index contributed by atoms with van der Waals surface area (Å²) in [5.41, 5.74) is 0. The fourth-order valence-corrected chi connectivity index (χ4v) is 1.97. The predicted molar refractivity (Wildman–Crippen MR) is 62.2 cm³/mol. The summed E-state index contributed by atoms with van der Waals surface area (Å²) in [6, 6.07) is 4.06. The normalized spacial score (nSPS) is 23.1. The average molecular weight is 221 g/mol. The zero-order valence-corrected chi connectivity index (χ0v) is 9.95. The second kappa shape index (κ2) is 4.73. The summed E-state index contributed by atoms with van der Waals surface area (Å²) in [5, 5.41) is 2.78. The molecular weight excluding hydrogens is 202 g/mol. The Morgan fingerprint density at radius 3 is 2.94 bits per heavy atom. The van der Waals surface area contributed by atoms with Gasteiger partial charge in [-0.2, -0.15) is 0 Å². The molecule has 1 heterocycles. The van der Waals surface area contributed by atoms with Crippen molar-refractivity contribution in [3.8, 4) is 0 Å². The molecule has 1 N–H and O–H groups in total. The van der Waals surface area contributed by atoms with Crippen LogP contribution in [-0.4, -0.2) is 12.5 Å². The van der Waals surface area contributed by atoms with Crippen LogP contribution < -0.4 is 5.32 Å². The van der Waals surface area contributed by atoms with E-state index in [4.69, 9.17) is 4.42 Å². The predicted octanol–water partition coefficient (Wildman–Crippen LogP) is 2.47. The van der Waals surface area contributed by atoms with Crippen LogP contribution in [0.1, 0.15) is 44.1 Å². The number of hydrogen-bond acceptors (Lipinski definition) is 2. The van der Waals surface area contributed by atoms with Crippen LogP contribution in [-0.2, 0) is 11.2 Å². The zero-order valence-electron chi connectivity index (χ0n) is 9.95. The van der Waals surface area contributed by atoms with Crippen LogP contribution in [0.2, 0.25) is 0 Å². The fourth-order valence-electron chi connectivity index (χ4n) is 1.97. The number of furan rings is 1. The Morgan fingerprint density at radius 2 is 2.31 bits per heavy atom. The highest BCUT2D eigenvalue weighted by Crippen LogP contribution is 2.47. The van der Waals surface area contributed by atoms with Gasteiger partial charge in [0.25, 0.3) is 0 Å². The number of aryl methyl sites for hydroxylation is 1. The molecule has 0 aliphatic heterocycles. The molecule has 0 aromatic carbocycles. The lowest BCUT2D eigenvalue weighted by molar-refractivity contribution is -0.121. The highest BCUT2D eigenvalue weighted by molar-refractivity contribution is 5.75.